The zero-order valence-electron chi connectivity index (χ0n) is 8.21. The molecule has 0 N–H and O–H groups in total. The minimum absolute atomic E-state index is 0.266. The summed E-state index contributed by atoms with van der Waals surface area (Å²) in [4.78, 5) is 11.6. The van der Waals surface area contributed by atoms with Crippen LogP contribution in [0, 0.1) is 12.7 Å². The van der Waals surface area contributed by atoms with Crippen LogP contribution in [-0.2, 0) is 0 Å². The van der Waals surface area contributed by atoms with E-state index in [1.165, 1.54) is 0 Å². The first-order valence-corrected chi connectivity index (χ1v) is 5.14. The molecule has 0 aliphatic heterocycles. The van der Waals surface area contributed by atoms with Crippen LogP contribution in [0.15, 0.2) is 18.5 Å². The van der Waals surface area contributed by atoms with Crippen molar-refractivity contribution < 1.29 is 4.39 Å². The van der Waals surface area contributed by atoms with E-state index in [9.17, 15) is 4.39 Å². The molecule has 0 amide bonds. The smallest absolute Gasteiger partial charge is 0.197 e. The highest BCUT2D eigenvalue weighted by molar-refractivity contribution is 6.33. The van der Waals surface area contributed by atoms with Crippen LogP contribution in [0.3, 0.4) is 0 Å². The van der Waals surface area contributed by atoms with E-state index >= 15 is 0 Å². The molecule has 0 bridgehead atoms. The number of aryl methyl sites for hydroxylation is 1. The standard InChI is InChI=1S/C10H6Cl2FN3/c1-5-2-3-14-4-6(5)10-15-8(11)7(13)9(12)16-10/h2-4H,1H3. The SMILES string of the molecule is Cc1ccncc1-c1nc(Cl)c(F)c(Cl)n1. The van der Waals surface area contributed by atoms with Gasteiger partial charge in [-0.05, 0) is 18.6 Å². The summed E-state index contributed by atoms with van der Waals surface area (Å²) in [5, 5.41) is -0.587. The van der Waals surface area contributed by atoms with Gasteiger partial charge in [0, 0.05) is 18.0 Å². The van der Waals surface area contributed by atoms with Crippen LogP contribution >= 0.6 is 23.2 Å². The summed E-state index contributed by atoms with van der Waals surface area (Å²) in [6.07, 6.45) is 3.22. The van der Waals surface area contributed by atoms with Gasteiger partial charge in [-0.3, -0.25) is 4.98 Å². The molecule has 2 aromatic heterocycles. The van der Waals surface area contributed by atoms with Crippen LogP contribution in [0.4, 0.5) is 4.39 Å². The fourth-order valence-corrected chi connectivity index (χ4v) is 1.60. The lowest BCUT2D eigenvalue weighted by Crippen LogP contribution is -1.96. The normalized spacial score (nSPS) is 10.5. The number of aromatic nitrogens is 3. The Balaban J connectivity index is 2.62. The third-order valence-corrected chi connectivity index (χ3v) is 2.55. The molecule has 0 saturated carbocycles. The van der Waals surface area contributed by atoms with E-state index in [0.717, 1.165) is 5.56 Å². The first-order chi connectivity index (χ1) is 7.59. The Morgan fingerprint density at radius 1 is 1.19 bits per heavy atom. The molecule has 0 aromatic carbocycles. The average molecular weight is 258 g/mol. The van der Waals surface area contributed by atoms with Gasteiger partial charge in [-0.2, -0.15) is 0 Å². The van der Waals surface area contributed by atoms with Crippen molar-refractivity contribution in [2.75, 3.05) is 0 Å². The van der Waals surface area contributed by atoms with E-state index in [1.807, 2.05) is 6.92 Å². The summed E-state index contributed by atoms with van der Waals surface area (Å²) in [5.41, 5.74) is 1.58. The molecule has 2 rings (SSSR count). The monoisotopic (exact) mass is 257 g/mol. The topological polar surface area (TPSA) is 38.7 Å². The van der Waals surface area contributed by atoms with Gasteiger partial charge in [0.25, 0.3) is 0 Å². The van der Waals surface area contributed by atoms with E-state index < -0.39 is 5.82 Å². The molecule has 0 fully saturated rings. The quantitative estimate of drug-likeness (QED) is 0.736. The van der Waals surface area contributed by atoms with Crippen LogP contribution in [-0.4, -0.2) is 15.0 Å². The van der Waals surface area contributed by atoms with Gasteiger partial charge in [0.1, 0.15) is 0 Å². The maximum atomic E-state index is 13.1. The van der Waals surface area contributed by atoms with Crippen molar-refractivity contribution in [3.8, 4) is 11.4 Å². The molecule has 0 unspecified atom stereocenters. The van der Waals surface area contributed by atoms with E-state index in [1.54, 1.807) is 18.5 Å². The zero-order valence-corrected chi connectivity index (χ0v) is 9.72. The first kappa shape index (κ1) is 11.2. The second-order valence-corrected chi connectivity index (χ2v) is 3.85. The highest BCUT2D eigenvalue weighted by Crippen LogP contribution is 2.25. The Hall–Kier alpha value is -1.26. The number of nitrogens with zero attached hydrogens (tertiary/aromatic N) is 3. The van der Waals surface area contributed by atoms with Crippen LogP contribution in [0.5, 0.6) is 0 Å². The second-order valence-electron chi connectivity index (χ2n) is 3.13. The Kier molecular flexibility index (Phi) is 3.03. The third kappa shape index (κ3) is 1.99. The van der Waals surface area contributed by atoms with Gasteiger partial charge in [-0.25, -0.2) is 14.4 Å². The molecule has 16 heavy (non-hydrogen) atoms. The van der Waals surface area contributed by atoms with Crippen molar-refractivity contribution in [3.63, 3.8) is 0 Å². The van der Waals surface area contributed by atoms with Crippen LogP contribution in [0.2, 0.25) is 10.3 Å². The van der Waals surface area contributed by atoms with Gasteiger partial charge in [-0.15, -0.1) is 0 Å². The summed E-state index contributed by atoms with van der Waals surface area (Å²) in [6, 6.07) is 1.80. The predicted octanol–water partition coefficient (Wildman–Crippen LogP) is 3.29. The van der Waals surface area contributed by atoms with Gasteiger partial charge in [0.2, 0.25) is 0 Å². The van der Waals surface area contributed by atoms with Gasteiger partial charge < -0.3 is 0 Å². The summed E-state index contributed by atoms with van der Waals surface area (Å²) in [6.45, 7) is 1.87. The fraction of sp³-hybridized carbons (Fsp3) is 0.100. The molecule has 2 aromatic rings. The van der Waals surface area contributed by atoms with Crippen molar-refractivity contribution in [1.82, 2.24) is 15.0 Å². The molecule has 0 spiro atoms. The maximum absolute atomic E-state index is 13.1. The molecular weight excluding hydrogens is 252 g/mol. The largest absolute Gasteiger partial charge is 0.264 e. The van der Waals surface area contributed by atoms with Gasteiger partial charge in [0.05, 0.1) is 0 Å². The average Bonchev–Trinajstić information content (AvgIpc) is 2.26. The minimum atomic E-state index is -0.811. The molecule has 0 saturated heterocycles. The lowest BCUT2D eigenvalue weighted by molar-refractivity contribution is 0.615. The second kappa shape index (κ2) is 4.31. The van der Waals surface area contributed by atoms with E-state index in [2.05, 4.69) is 15.0 Å². The lowest BCUT2D eigenvalue weighted by atomic mass is 10.1. The van der Waals surface area contributed by atoms with E-state index in [-0.39, 0.29) is 16.1 Å². The molecule has 3 nitrogen and oxygen atoms in total. The van der Waals surface area contributed by atoms with Gasteiger partial charge in [-0.1, -0.05) is 23.2 Å². The lowest BCUT2D eigenvalue weighted by Gasteiger charge is -2.04. The molecule has 0 radical (unpaired) electrons. The minimum Gasteiger partial charge on any atom is -0.264 e. The van der Waals surface area contributed by atoms with Crippen LogP contribution in [0.25, 0.3) is 11.4 Å². The van der Waals surface area contributed by atoms with Crippen molar-refractivity contribution in [1.29, 1.82) is 0 Å². The fourth-order valence-electron chi connectivity index (χ4n) is 1.21. The molecule has 2 heterocycles. The van der Waals surface area contributed by atoms with Crippen LogP contribution in [0.1, 0.15) is 5.56 Å². The predicted molar refractivity (Wildman–Crippen MR) is 60.0 cm³/mol. The third-order valence-electron chi connectivity index (χ3n) is 2.05. The number of halogens is 3. The number of rotatable bonds is 1. The van der Waals surface area contributed by atoms with Crippen LogP contribution < -0.4 is 0 Å². The Bertz CT molecular complexity index is 522. The Labute approximate surface area is 101 Å². The Morgan fingerprint density at radius 2 is 1.81 bits per heavy atom. The van der Waals surface area contributed by atoms with Gasteiger partial charge in [0.15, 0.2) is 21.9 Å². The highest BCUT2D eigenvalue weighted by atomic mass is 35.5. The summed E-state index contributed by atoms with van der Waals surface area (Å²) >= 11 is 11.2. The molecular formula is C10H6Cl2FN3. The van der Waals surface area contributed by atoms with Gasteiger partial charge >= 0.3 is 0 Å². The van der Waals surface area contributed by atoms with E-state index in [4.69, 9.17) is 23.2 Å². The van der Waals surface area contributed by atoms with Crippen molar-refractivity contribution in [3.05, 3.63) is 40.1 Å². The summed E-state index contributed by atoms with van der Waals surface area (Å²) < 4.78 is 13.1. The summed E-state index contributed by atoms with van der Waals surface area (Å²) in [7, 11) is 0. The van der Waals surface area contributed by atoms with Crippen molar-refractivity contribution in [2.45, 2.75) is 6.92 Å². The number of hydrogen-bond acceptors (Lipinski definition) is 3. The molecule has 6 heteroatoms. The zero-order chi connectivity index (χ0) is 11.7. The highest BCUT2D eigenvalue weighted by Gasteiger charge is 2.13. The Morgan fingerprint density at radius 3 is 2.38 bits per heavy atom. The van der Waals surface area contributed by atoms with Crippen molar-refractivity contribution >= 4 is 23.2 Å². The first-order valence-electron chi connectivity index (χ1n) is 4.39. The maximum Gasteiger partial charge on any atom is 0.197 e. The molecule has 0 atom stereocenters. The molecule has 0 aliphatic carbocycles. The number of hydrogen-bond donors (Lipinski definition) is 0. The number of pyridine rings is 1. The van der Waals surface area contributed by atoms with E-state index in [0.29, 0.717) is 5.56 Å². The molecule has 0 aliphatic rings. The molecule has 82 valence electrons. The van der Waals surface area contributed by atoms with Crippen molar-refractivity contribution in [2.24, 2.45) is 0 Å². The summed E-state index contributed by atoms with van der Waals surface area (Å²) in [5.74, 6) is -0.546.